The van der Waals surface area contributed by atoms with Crippen molar-refractivity contribution in [3.05, 3.63) is 71.8 Å². The van der Waals surface area contributed by atoms with Crippen LogP contribution in [0.25, 0.3) is 0 Å². The third kappa shape index (κ3) is 14.6. The molecule has 6 heteroatoms. The van der Waals surface area contributed by atoms with E-state index in [9.17, 15) is 0 Å². The van der Waals surface area contributed by atoms with Gasteiger partial charge in [0.15, 0.2) is 0 Å². The molecule has 0 aliphatic heterocycles. The van der Waals surface area contributed by atoms with Crippen LogP contribution in [0.15, 0.2) is 70.6 Å². The van der Waals surface area contributed by atoms with Crippen molar-refractivity contribution in [3.8, 4) is 0 Å². The van der Waals surface area contributed by atoms with E-state index >= 15 is 0 Å². The van der Waals surface area contributed by atoms with Gasteiger partial charge in [-0.2, -0.15) is 35.4 Å². The van der Waals surface area contributed by atoms with Crippen LogP contribution < -0.4 is 0 Å². The first-order valence-corrected chi connectivity index (χ1v) is 9.91. The van der Waals surface area contributed by atoms with Crippen LogP contribution >= 0.6 is 19.1 Å². The van der Waals surface area contributed by atoms with Gasteiger partial charge >= 0.3 is 55.4 Å². The van der Waals surface area contributed by atoms with E-state index in [1.165, 1.54) is 0 Å². The van der Waals surface area contributed by atoms with E-state index in [4.69, 9.17) is 0 Å². The van der Waals surface area contributed by atoms with Crippen LogP contribution in [-0.4, -0.2) is 26.5 Å². The minimum absolute atomic E-state index is 1.03. The third-order valence-corrected chi connectivity index (χ3v) is 2.03. The van der Waals surface area contributed by atoms with Gasteiger partial charge in [0.25, 0.3) is 0 Å². The predicted octanol–water partition coefficient (Wildman–Crippen LogP) is 4.60. The Morgan fingerprint density at radius 3 is 1.14 bits per heavy atom. The molecule has 0 aliphatic rings. The van der Waals surface area contributed by atoms with E-state index in [1.807, 2.05) is 60.7 Å². The van der Waals surface area contributed by atoms with Crippen LogP contribution in [0.1, 0.15) is 11.1 Å². The van der Waals surface area contributed by atoms with E-state index in [1.54, 1.807) is 14.1 Å². The number of benzene rings is 2. The Bertz CT molecular complexity index is 445. The van der Waals surface area contributed by atoms with Crippen molar-refractivity contribution in [2.24, 2.45) is 9.98 Å². The van der Waals surface area contributed by atoms with Crippen molar-refractivity contribution in [2.45, 2.75) is 0 Å². The molecule has 0 unspecified atom stereocenters. The molecule has 22 heavy (non-hydrogen) atoms. The first-order valence-electron chi connectivity index (χ1n) is 5.90. The van der Waals surface area contributed by atoms with Gasteiger partial charge in [-0.1, -0.05) is 24.6 Å². The summed E-state index contributed by atoms with van der Waals surface area (Å²) >= 11 is 4.44. The second-order valence-corrected chi connectivity index (χ2v) is 3.40. The van der Waals surface area contributed by atoms with Gasteiger partial charge in [-0.25, -0.2) is 0 Å². The van der Waals surface area contributed by atoms with Gasteiger partial charge in [0, 0.05) is 14.1 Å². The molecule has 0 fully saturated rings. The predicted molar refractivity (Wildman–Crippen MR) is 89.5 cm³/mol. The molecule has 0 heterocycles. The molecule has 2 nitrogen and oxygen atoms in total. The van der Waals surface area contributed by atoms with Gasteiger partial charge in [-0.15, -0.1) is 24.3 Å². The number of hydrogen-bond acceptors (Lipinski definition) is 2. The Morgan fingerprint density at radius 2 is 0.909 bits per heavy atom. The number of aliphatic imine (C=N–C) groups is 2. The second kappa shape index (κ2) is 20.7. The Morgan fingerprint density at radius 1 is 0.636 bits per heavy atom. The van der Waals surface area contributed by atoms with E-state index < -0.39 is 0 Å². The molecule has 0 atom stereocenters. The quantitative estimate of drug-likeness (QED) is 0.315. The van der Waals surface area contributed by atoms with Crippen LogP contribution in [0.4, 0.5) is 0 Å². The van der Waals surface area contributed by atoms with Crippen molar-refractivity contribution >= 4 is 31.5 Å². The van der Waals surface area contributed by atoms with Crippen molar-refractivity contribution in [2.75, 3.05) is 14.1 Å². The van der Waals surface area contributed by atoms with Gasteiger partial charge in [-0.05, 0) is 0 Å². The molecule has 2 aromatic carbocycles. The Kier molecular flexibility index (Phi) is 22.5. The van der Waals surface area contributed by atoms with E-state index in [0.29, 0.717) is 0 Å². The summed E-state index contributed by atoms with van der Waals surface area (Å²) < 4.78 is 0. The SMILES string of the molecule is CN=[C-]c1ccccc1.CN=[C-]c1ccccc1.[Cl][Pd+].[Cl][Pd+]. The molecule has 0 saturated carbocycles. The standard InChI is InChI=1S/2C8H8N.2ClH.2Pd/c2*1-9-7-8-5-3-2-4-6-8;;;;/h2*2-6H,1H3;2*1H;;/q2*-1;;;2*+2/p-2. The van der Waals surface area contributed by atoms with Gasteiger partial charge in [-0.3, -0.25) is 0 Å². The Labute approximate surface area is 162 Å². The number of hydrogen-bond donors (Lipinski definition) is 0. The fourth-order valence-electron chi connectivity index (χ4n) is 1.28. The summed E-state index contributed by atoms with van der Waals surface area (Å²) in [5.74, 6) is 0. The van der Waals surface area contributed by atoms with Crippen LogP contribution in [0.2, 0.25) is 0 Å². The second-order valence-electron chi connectivity index (χ2n) is 3.40. The number of halogens is 2. The first kappa shape index (κ1) is 23.9. The molecule has 2 aromatic rings. The third-order valence-electron chi connectivity index (χ3n) is 2.03. The molecule has 2 rings (SSSR count). The molecule has 0 aliphatic carbocycles. The van der Waals surface area contributed by atoms with Gasteiger partial charge in [0.1, 0.15) is 0 Å². The monoisotopic (exact) mass is 518 g/mol. The summed E-state index contributed by atoms with van der Waals surface area (Å²) in [6.45, 7) is 0. The fraction of sp³-hybridized carbons (Fsp3) is 0.125. The average molecular weight is 520 g/mol. The van der Waals surface area contributed by atoms with Gasteiger partial charge < -0.3 is 9.98 Å². The molecule has 0 bridgehead atoms. The zero-order valence-electron chi connectivity index (χ0n) is 12.1. The fourth-order valence-corrected chi connectivity index (χ4v) is 1.28. The van der Waals surface area contributed by atoms with Crippen molar-refractivity contribution in [3.63, 3.8) is 0 Å². The maximum absolute atomic E-state index is 4.49. The first-order chi connectivity index (χ1) is 10.9. The van der Waals surface area contributed by atoms with Crippen LogP contribution in [0.3, 0.4) is 0 Å². The summed E-state index contributed by atoms with van der Waals surface area (Å²) in [7, 11) is 12.4. The molecule has 0 radical (unpaired) electrons. The zero-order valence-corrected chi connectivity index (χ0v) is 16.7. The van der Waals surface area contributed by atoms with Crippen LogP contribution in [0, 0.1) is 0 Å². The van der Waals surface area contributed by atoms with E-state index in [2.05, 4.69) is 77.8 Å². The van der Waals surface area contributed by atoms with Gasteiger partial charge in [0.05, 0.1) is 0 Å². The van der Waals surface area contributed by atoms with Crippen molar-refractivity contribution in [1.29, 1.82) is 0 Å². The molecule has 0 spiro atoms. The van der Waals surface area contributed by atoms with E-state index in [0.717, 1.165) is 11.1 Å². The van der Waals surface area contributed by atoms with Crippen LogP contribution in [-0.2, 0) is 36.4 Å². The minimum atomic E-state index is 1.03. The molecule has 0 saturated heterocycles. The summed E-state index contributed by atoms with van der Waals surface area (Å²) in [6.07, 6.45) is 5.66. The zero-order chi connectivity index (χ0) is 17.1. The molecule has 0 amide bonds. The number of nitrogens with zero attached hydrogens (tertiary/aromatic N) is 2. The molecule has 0 N–H and O–H groups in total. The van der Waals surface area contributed by atoms with Gasteiger partial charge in [0.2, 0.25) is 0 Å². The van der Waals surface area contributed by atoms with Crippen molar-refractivity contribution in [1.82, 2.24) is 0 Å². The Balaban J connectivity index is 0. The molecular formula is C16H16Cl2N2Pd2. The summed E-state index contributed by atoms with van der Waals surface area (Å²) in [5.41, 5.74) is 2.06. The summed E-state index contributed by atoms with van der Waals surface area (Å²) in [6, 6.07) is 19.7. The average Bonchev–Trinajstić information content (AvgIpc) is 2.62. The molecule has 0 aromatic heterocycles. The molecular weight excluding hydrogens is 504 g/mol. The normalized spacial score (nSPS) is 9.09. The number of rotatable bonds is 2. The maximum atomic E-state index is 4.49. The molecule has 124 valence electrons. The Hall–Kier alpha value is -0.315. The summed E-state index contributed by atoms with van der Waals surface area (Å²) in [4.78, 5) is 7.51. The van der Waals surface area contributed by atoms with Crippen molar-refractivity contribution < 1.29 is 36.4 Å². The van der Waals surface area contributed by atoms with E-state index in [-0.39, 0.29) is 0 Å². The van der Waals surface area contributed by atoms with Crippen LogP contribution in [0.5, 0.6) is 0 Å². The summed E-state index contributed by atoms with van der Waals surface area (Å²) in [5, 5.41) is 0. The topological polar surface area (TPSA) is 24.7 Å².